The molecular formula is C16H9Cl2FN4O. The van der Waals surface area contributed by atoms with Crippen molar-refractivity contribution in [1.29, 1.82) is 0 Å². The normalized spacial score (nSPS) is 11.1. The molecule has 8 heteroatoms. The zero-order valence-corrected chi connectivity index (χ0v) is 13.5. The second kappa shape index (κ2) is 5.81. The first kappa shape index (κ1) is 15.0. The van der Waals surface area contributed by atoms with Crippen LogP contribution >= 0.6 is 23.2 Å². The molecule has 0 radical (unpaired) electrons. The Hall–Kier alpha value is -2.57. The number of benzene rings is 2. The van der Waals surface area contributed by atoms with Crippen LogP contribution in [-0.4, -0.2) is 19.7 Å². The minimum atomic E-state index is -0.571. The zero-order chi connectivity index (χ0) is 16.7. The molecule has 0 spiro atoms. The van der Waals surface area contributed by atoms with Gasteiger partial charge in [0.25, 0.3) is 0 Å². The zero-order valence-electron chi connectivity index (χ0n) is 12.0. The highest BCUT2D eigenvalue weighted by molar-refractivity contribution is 6.32. The minimum Gasteiger partial charge on any atom is -0.453 e. The third kappa shape index (κ3) is 2.70. The van der Waals surface area contributed by atoms with E-state index in [1.165, 1.54) is 18.2 Å². The fraction of sp³-hybridized carbons (Fsp3) is 0. The van der Waals surface area contributed by atoms with Gasteiger partial charge in [-0.3, -0.25) is 0 Å². The maximum atomic E-state index is 13.9. The monoisotopic (exact) mass is 362 g/mol. The predicted octanol–water partition coefficient (Wildman–Crippen LogP) is 4.99. The second-order valence-electron chi connectivity index (χ2n) is 4.99. The number of H-pyrrole nitrogens is 1. The van der Waals surface area contributed by atoms with E-state index in [4.69, 9.17) is 27.9 Å². The molecule has 0 bridgehead atoms. The molecule has 0 aliphatic heterocycles. The molecule has 0 unspecified atom stereocenters. The average Bonchev–Trinajstić information content (AvgIpc) is 3.19. The third-order valence-corrected chi connectivity index (χ3v) is 3.89. The quantitative estimate of drug-likeness (QED) is 0.558. The van der Waals surface area contributed by atoms with Crippen molar-refractivity contribution >= 4 is 34.2 Å². The Morgan fingerprint density at radius 1 is 1.12 bits per heavy atom. The lowest BCUT2D eigenvalue weighted by molar-refractivity contribution is 0.443. The van der Waals surface area contributed by atoms with E-state index in [-0.39, 0.29) is 10.8 Å². The molecule has 2 aromatic heterocycles. The molecule has 2 heterocycles. The van der Waals surface area contributed by atoms with Gasteiger partial charge in [0, 0.05) is 23.5 Å². The summed E-state index contributed by atoms with van der Waals surface area (Å²) >= 11 is 12.0. The van der Waals surface area contributed by atoms with Crippen molar-refractivity contribution in [3.8, 4) is 17.4 Å². The van der Waals surface area contributed by atoms with Crippen LogP contribution in [0.3, 0.4) is 0 Å². The molecule has 0 aliphatic rings. The Kier molecular flexibility index (Phi) is 3.63. The van der Waals surface area contributed by atoms with Gasteiger partial charge in [0.15, 0.2) is 11.6 Å². The maximum absolute atomic E-state index is 13.9. The number of imidazole rings is 1. The average molecular weight is 363 g/mol. The van der Waals surface area contributed by atoms with E-state index in [1.54, 1.807) is 35.3 Å². The smallest absolute Gasteiger partial charge is 0.229 e. The number of hydrogen-bond donors (Lipinski definition) is 1. The Labute approximate surface area is 145 Å². The van der Waals surface area contributed by atoms with Gasteiger partial charge < -0.3 is 9.72 Å². The summed E-state index contributed by atoms with van der Waals surface area (Å²) in [6.07, 6.45) is 3.41. The van der Waals surface area contributed by atoms with E-state index in [0.717, 1.165) is 5.52 Å². The van der Waals surface area contributed by atoms with Crippen LogP contribution in [0.2, 0.25) is 10.0 Å². The molecule has 0 aliphatic carbocycles. The van der Waals surface area contributed by atoms with Gasteiger partial charge in [-0.05, 0) is 30.3 Å². The number of aromatic nitrogens is 4. The van der Waals surface area contributed by atoms with Crippen molar-refractivity contribution in [2.24, 2.45) is 0 Å². The van der Waals surface area contributed by atoms with Crippen LogP contribution in [-0.2, 0) is 0 Å². The summed E-state index contributed by atoms with van der Waals surface area (Å²) in [4.78, 5) is 7.53. The fourth-order valence-electron chi connectivity index (χ4n) is 2.26. The number of fused-ring (bicyclic) bond motifs is 1. The van der Waals surface area contributed by atoms with Gasteiger partial charge in [0.2, 0.25) is 5.95 Å². The van der Waals surface area contributed by atoms with Crippen molar-refractivity contribution < 1.29 is 9.13 Å². The molecule has 0 saturated heterocycles. The van der Waals surface area contributed by atoms with E-state index in [2.05, 4.69) is 15.1 Å². The van der Waals surface area contributed by atoms with E-state index in [1.807, 2.05) is 0 Å². The second-order valence-corrected chi connectivity index (χ2v) is 5.83. The Balaban J connectivity index is 1.74. The van der Waals surface area contributed by atoms with Crippen LogP contribution in [0, 0.1) is 5.82 Å². The lowest BCUT2D eigenvalue weighted by Crippen LogP contribution is -1.95. The Morgan fingerprint density at radius 3 is 2.75 bits per heavy atom. The van der Waals surface area contributed by atoms with Gasteiger partial charge in [-0.1, -0.05) is 23.2 Å². The standard InChI is InChI=1S/C16H9Cl2FN4O/c17-9-2-3-14(11(19)6-9)24-15-8-13-12(7-10(15)18)21-16(22-13)23-5-1-4-20-23/h1-8H,(H,21,22). The summed E-state index contributed by atoms with van der Waals surface area (Å²) in [5.74, 6) is 0.297. The van der Waals surface area contributed by atoms with Crippen LogP contribution in [0.5, 0.6) is 11.5 Å². The number of aromatic amines is 1. The van der Waals surface area contributed by atoms with Crippen molar-refractivity contribution in [3.63, 3.8) is 0 Å². The SMILES string of the molecule is Fc1cc(Cl)ccc1Oc1cc2nc(-n3cccn3)[nH]c2cc1Cl. The van der Waals surface area contributed by atoms with Gasteiger partial charge >= 0.3 is 0 Å². The molecule has 4 rings (SSSR count). The number of rotatable bonds is 3. The highest BCUT2D eigenvalue weighted by Crippen LogP contribution is 2.34. The molecule has 0 fully saturated rings. The van der Waals surface area contributed by atoms with Gasteiger partial charge in [-0.25, -0.2) is 14.1 Å². The van der Waals surface area contributed by atoms with E-state index < -0.39 is 5.82 Å². The summed E-state index contributed by atoms with van der Waals surface area (Å²) in [5, 5.41) is 4.73. The highest BCUT2D eigenvalue weighted by atomic mass is 35.5. The summed E-state index contributed by atoms with van der Waals surface area (Å²) < 4.78 is 21.0. The number of halogens is 3. The fourth-order valence-corrected chi connectivity index (χ4v) is 2.62. The lowest BCUT2D eigenvalue weighted by Gasteiger charge is -2.08. The molecule has 4 aromatic rings. The van der Waals surface area contributed by atoms with Gasteiger partial charge in [0.05, 0.1) is 16.1 Å². The predicted molar refractivity (Wildman–Crippen MR) is 89.7 cm³/mol. The Morgan fingerprint density at radius 2 is 2.00 bits per heavy atom. The molecule has 120 valence electrons. The summed E-state index contributed by atoms with van der Waals surface area (Å²) in [7, 11) is 0. The summed E-state index contributed by atoms with van der Waals surface area (Å²) in [6.45, 7) is 0. The highest BCUT2D eigenvalue weighted by Gasteiger charge is 2.13. The third-order valence-electron chi connectivity index (χ3n) is 3.36. The van der Waals surface area contributed by atoms with Crippen molar-refractivity contribution in [1.82, 2.24) is 19.7 Å². The van der Waals surface area contributed by atoms with E-state index >= 15 is 0 Å². The largest absolute Gasteiger partial charge is 0.453 e. The molecule has 0 amide bonds. The van der Waals surface area contributed by atoms with Crippen molar-refractivity contribution in [2.45, 2.75) is 0 Å². The van der Waals surface area contributed by atoms with E-state index in [0.29, 0.717) is 22.2 Å². The minimum absolute atomic E-state index is 0.0310. The molecule has 1 N–H and O–H groups in total. The summed E-state index contributed by atoms with van der Waals surface area (Å²) in [5.41, 5.74) is 1.34. The van der Waals surface area contributed by atoms with Crippen LogP contribution < -0.4 is 4.74 Å². The van der Waals surface area contributed by atoms with Gasteiger partial charge in [-0.15, -0.1) is 0 Å². The first-order valence-electron chi connectivity index (χ1n) is 6.92. The number of nitrogens with one attached hydrogen (secondary N) is 1. The van der Waals surface area contributed by atoms with Crippen molar-refractivity contribution in [3.05, 3.63) is 64.7 Å². The maximum Gasteiger partial charge on any atom is 0.229 e. The van der Waals surface area contributed by atoms with Crippen LogP contribution in [0.15, 0.2) is 48.8 Å². The van der Waals surface area contributed by atoms with Crippen molar-refractivity contribution in [2.75, 3.05) is 0 Å². The molecule has 0 atom stereocenters. The summed E-state index contributed by atoms with van der Waals surface area (Å²) in [6, 6.07) is 9.25. The van der Waals surface area contributed by atoms with Crippen LogP contribution in [0.4, 0.5) is 4.39 Å². The van der Waals surface area contributed by atoms with Crippen LogP contribution in [0.1, 0.15) is 0 Å². The first-order chi connectivity index (χ1) is 11.6. The first-order valence-corrected chi connectivity index (χ1v) is 7.68. The molecule has 0 saturated carbocycles. The lowest BCUT2D eigenvalue weighted by atomic mass is 10.3. The van der Waals surface area contributed by atoms with Gasteiger partial charge in [-0.2, -0.15) is 5.10 Å². The van der Waals surface area contributed by atoms with Crippen LogP contribution in [0.25, 0.3) is 17.0 Å². The molecule has 5 nitrogen and oxygen atoms in total. The van der Waals surface area contributed by atoms with Gasteiger partial charge in [0.1, 0.15) is 5.75 Å². The number of ether oxygens (including phenoxy) is 1. The Bertz CT molecular complexity index is 1030. The molecule has 24 heavy (non-hydrogen) atoms. The molecular weight excluding hydrogens is 354 g/mol. The number of nitrogens with zero attached hydrogens (tertiary/aromatic N) is 3. The number of hydrogen-bond acceptors (Lipinski definition) is 3. The molecule has 2 aromatic carbocycles. The topological polar surface area (TPSA) is 55.7 Å². The van der Waals surface area contributed by atoms with E-state index in [9.17, 15) is 4.39 Å².